The molecule has 4 heteroatoms. The van der Waals surface area contributed by atoms with Gasteiger partial charge in [-0.3, -0.25) is 4.79 Å². The van der Waals surface area contributed by atoms with Gasteiger partial charge in [-0.2, -0.15) is 0 Å². The smallest absolute Gasteiger partial charge is 0.150 e. The Morgan fingerprint density at radius 3 is 2.25 bits per heavy atom. The summed E-state index contributed by atoms with van der Waals surface area (Å²) in [4.78, 5) is 10.2. The molecule has 0 fully saturated rings. The van der Waals surface area contributed by atoms with Crippen LogP contribution in [0.1, 0.15) is 10.4 Å². The van der Waals surface area contributed by atoms with Crippen LogP contribution in [-0.4, -0.2) is 18.5 Å². The van der Waals surface area contributed by atoms with E-state index in [-0.39, 0.29) is 0 Å². The Bertz CT molecular complexity index is 261. The number of aldehydes is 1. The molecule has 4 nitrogen and oxygen atoms in total. The summed E-state index contributed by atoms with van der Waals surface area (Å²) in [5.41, 5.74) is 12.3. The minimum Gasteiger partial charge on any atom is -0.400 e. The third kappa shape index (κ3) is 2.59. The van der Waals surface area contributed by atoms with Gasteiger partial charge in [0.1, 0.15) is 6.29 Å². The zero-order chi connectivity index (χ0) is 9.56. The van der Waals surface area contributed by atoms with E-state index in [1.165, 1.54) is 0 Å². The molecular formula is C8H12N2O2. The molecule has 0 saturated carbocycles. The Hall–Kier alpha value is -1.55. The van der Waals surface area contributed by atoms with Crippen LogP contribution in [0.15, 0.2) is 18.2 Å². The molecule has 0 amide bonds. The van der Waals surface area contributed by atoms with Crippen LogP contribution >= 0.6 is 0 Å². The van der Waals surface area contributed by atoms with Crippen LogP contribution in [0.25, 0.3) is 0 Å². The van der Waals surface area contributed by atoms with Crippen LogP contribution in [0.4, 0.5) is 11.4 Å². The van der Waals surface area contributed by atoms with Gasteiger partial charge in [0.05, 0.1) is 11.4 Å². The molecule has 0 aliphatic rings. The van der Waals surface area contributed by atoms with Gasteiger partial charge in [0, 0.05) is 12.7 Å². The first-order valence-corrected chi connectivity index (χ1v) is 3.29. The van der Waals surface area contributed by atoms with Gasteiger partial charge in [-0.15, -0.1) is 0 Å². The van der Waals surface area contributed by atoms with Gasteiger partial charge in [-0.1, -0.05) is 0 Å². The van der Waals surface area contributed by atoms with E-state index in [9.17, 15) is 4.79 Å². The summed E-state index contributed by atoms with van der Waals surface area (Å²) in [6.45, 7) is 0. The molecule has 1 aromatic carbocycles. The van der Waals surface area contributed by atoms with Gasteiger partial charge in [0.25, 0.3) is 0 Å². The van der Waals surface area contributed by atoms with Gasteiger partial charge in [0.15, 0.2) is 0 Å². The first-order valence-electron chi connectivity index (χ1n) is 3.29. The van der Waals surface area contributed by atoms with E-state index < -0.39 is 0 Å². The SMILES string of the molecule is CO.Nc1ccc(C=O)cc1N. The predicted octanol–water partition coefficient (Wildman–Crippen LogP) is 0.272. The molecule has 0 aliphatic heterocycles. The molecule has 1 aromatic rings. The molecule has 0 radical (unpaired) electrons. The second-order valence-electron chi connectivity index (χ2n) is 2.01. The second-order valence-corrected chi connectivity index (χ2v) is 2.01. The van der Waals surface area contributed by atoms with Crippen LogP contribution in [0.3, 0.4) is 0 Å². The largest absolute Gasteiger partial charge is 0.400 e. The molecule has 5 N–H and O–H groups in total. The minimum atomic E-state index is 0.449. The van der Waals surface area contributed by atoms with Crippen molar-refractivity contribution in [1.82, 2.24) is 0 Å². The van der Waals surface area contributed by atoms with Crippen molar-refractivity contribution in [3.05, 3.63) is 23.8 Å². The zero-order valence-electron chi connectivity index (χ0n) is 6.82. The third-order valence-corrected chi connectivity index (χ3v) is 1.25. The molecule has 0 atom stereocenters. The average Bonchev–Trinajstić information content (AvgIpc) is 2.13. The first kappa shape index (κ1) is 10.4. The summed E-state index contributed by atoms with van der Waals surface area (Å²) in [6.07, 6.45) is 0.732. The van der Waals surface area contributed by atoms with Crippen LogP contribution in [0.2, 0.25) is 0 Å². The highest BCUT2D eigenvalue weighted by atomic mass is 16.2. The van der Waals surface area contributed by atoms with Crippen molar-refractivity contribution in [3.8, 4) is 0 Å². The van der Waals surface area contributed by atoms with Crippen molar-refractivity contribution >= 4 is 17.7 Å². The van der Waals surface area contributed by atoms with E-state index in [0.29, 0.717) is 16.9 Å². The lowest BCUT2D eigenvalue weighted by molar-refractivity contribution is 0.112. The number of carbonyl (C=O) groups is 1. The fourth-order valence-electron chi connectivity index (χ4n) is 0.667. The number of nitrogens with two attached hydrogens (primary N) is 2. The standard InChI is InChI=1S/C7H8N2O.CH4O/c8-6-2-1-5(4-10)3-7(6)9;1-2/h1-4H,8-9H2;2H,1H3. The van der Waals surface area contributed by atoms with Crippen molar-refractivity contribution in [1.29, 1.82) is 0 Å². The highest BCUT2D eigenvalue weighted by Crippen LogP contribution is 2.14. The molecule has 12 heavy (non-hydrogen) atoms. The quantitative estimate of drug-likeness (QED) is 0.415. The number of hydrogen-bond acceptors (Lipinski definition) is 4. The van der Waals surface area contributed by atoms with Crippen LogP contribution in [0, 0.1) is 0 Å². The molecule has 0 bridgehead atoms. The van der Waals surface area contributed by atoms with E-state index >= 15 is 0 Å². The summed E-state index contributed by atoms with van der Waals surface area (Å²) < 4.78 is 0. The average molecular weight is 168 g/mol. The summed E-state index contributed by atoms with van der Waals surface area (Å²) in [5, 5.41) is 7.00. The lowest BCUT2D eigenvalue weighted by Gasteiger charge is -1.97. The number of benzene rings is 1. The molecule has 1 rings (SSSR count). The van der Waals surface area contributed by atoms with Crippen molar-refractivity contribution in [2.24, 2.45) is 0 Å². The van der Waals surface area contributed by atoms with E-state index in [2.05, 4.69) is 0 Å². The Morgan fingerprint density at radius 2 is 1.83 bits per heavy atom. The maximum absolute atomic E-state index is 10.2. The highest BCUT2D eigenvalue weighted by molar-refractivity contribution is 5.79. The molecule has 0 aromatic heterocycles. The molecule has 0 spiro atoms. The molecule has 0 aliphatic carbocycles. The number of hydrogen-bond donors (Lipinski definition) is 3. The van der Waals surface area contributed by atoms with E-state index in [4.69, 9.17) is 16.6 Å². The summed E-state index contributed by atoms with van der Waals surface area (Å²) in [6, 6.07) is 4.78. The topological polar surface area (TPSA) is 89.3 Å². The van der Waals surface area contributed by atoms with E-state index in [1.807, 2.05) is 0 Å². The molecule has 0 saturated heterocycles. The Balaban J connectivity index is 0.000000561. The maximum atomic E-state index is 10.2. The van der Waals surface area contributed by atoms with Crippen molar-refractivity contribution in [2.45, 2.75) is 0 Å². The number of rotatable bonds is 1. The Labute approximate surface area is 70.8 Å². The molecule has 0 unspecified atom stereocenters. The maximum Gasteiger partial charge on any atom is 0.150 e. The normalized spacial score (nSPS) is 8.17. The monoisotopic (exact) mass is 168 g/mol. The predicted molar refractivity (Wildman–Crippen MR) is 48.8 cm³/mol. The fraction of sp³-hybridized carbons (Fsp3) is 0.125. The van der Waals surface area contributed by atoms with Crippen LogP contribution < -0.4 is 11.5 Å². The first-order chi connectivity index (χ1) is 5.74. The van der Waals surface area contributed by atoms with E-state index in [1.54, 1.807) is 18.2 Å². The Kier molecular flexibility index (Phi) is 4.48. The number of aliphatic hydroxyl groups excluding tert-OH is 1. The number of aliphatic hydroxyl groups is 1. The molecule has 0 heterocycles. The van der Waals surface area contributed by atoms with E-state index in [0.717, 1.165) is 13.4 Å². The Morgan fingerprint density at radius 1 is 1.25 bits per heavy atom. The highest BCUT2D eigenvalue weighted by Gasteiger charge is 1.93. The van der Waals surface area contributed by atoms with Gasteiger partial charge < -0.3 is 16.6 Å². The van der Waals surface area contributed by atoms with Gasteiger partial charge in [0.2, 0.25) is 0 Å². The van der Waals surface area contributed by atoms with Crippen molar-refractivity contribution < 1.29 is 9.90 Å². The van der Waals surface area contributed by atoms with Gasteiger partial charge in [-0.25, -0.2) is 0 Å². The van der Waals surface area contributed by atoms with Crippen LogP contribution in [-0.2, 0) is 0 Å². The lowest BCUT2D eigenvalue weighted by atomic mass is 10.2. The van der Waals surface area contributed by atoms with Gasteiger partial charge >= 0.3 is 0 Å². The van der Waals surface area contributed by atoms with Crippen LogP contribution in [0.5, 0.6) is 0 Å². The fourth-order valence-corrected chi connectivity index (χ4v) is 0.667. The summed E-state index contributed by atoms with van der Waals surface area (Å²) >= 11 is 0. The summed E-state index contributed by atoms with van der Waals surface area (Å²) in [5.74, 6) is 0. The lowest BCUT2D eigenvalue weighted by Crippen LogP contribution is -1.94. The third-order valence-electron chi connectivity index (χ3n) is 1.25. The minimum absolute atomic E-state index is 0.449. The summed E-state index contributed by atoms with van der Waals surface area (Å²) in [7, 11) is 1.00. The van der Waals surface area contributed by atoms with Gasteiger partial charge in [-0.05, 0) is 18.2 Å². The second kappa shape index (κ2) is 5.15. The number of carbonyl (C=O) groups excluding carboxylic acids is 1. The van der Waals surface area contributed by atoms with Crippen molar-refractivity contribution in [2.75, 3.05) is 18.6 Å². The molecular weight excluding hydrogens is 156 g/mol. The van der Waals surface area contributed by atoms with Crippen molar-refractivity contribution in [3.63, 3.8) is 0 Å². The molecule has 66 valence electrons. The zero-order valence-corrected chi connectivity index (χ0v) is 6.82. The number of anilines is 2. The number of nitrogen functional groups attached to an aromatic ring is 2.